The molecule has 0 heterocycles. The number of hydrogen-bond acceptors (Lipinski definition) is 2. The maximum atomic E-state index is 5.90. The van der Waals surface area contributed by atoms with E-state index < -0.39 is 0 Å². The fraction of sp³-hybridized carbons (Fsp3) is 0.294. The molecule has 0 spiro atoms. The summed E-state index contributed by atoms with van der Waals surface area (Å²) < 4.78 is 11.3. The summed E-state index contributed by atoms with van der Waals surface area (Å²) >= 11 is 0. The summed E-state index contributed by atoms with van der Waals surface area (Å²) in [6.07, 6.45) is 0. The van der Waals surface area contributed by atoms with Gasteiger partial charge in [-0.1, -0.05) is 29.3 Å². The molecule has 0 saturated heterocycles. The van der Waals surface area contributed by atoms with E-state index in [9.17, 15) is 0 Å². The molecule has 0 unspecified atom stereocenters. The summed E-state index contributed by atoms with van der Waals surface area (Å²) in [6.45, 7) is 6.74. The first-order valence-corrected chi connectivity index (χ1v) is 6.43. The van der Waals surface area contributed by atoms with Crippen molar-refractivity contribution in [3.05, 3.63) is 58.7 Å². The smallest absolute Gasteiger partial charge is 0.125 e. The van der Waals surface area contributed by atoms with Crippen LogP contribution in [0.4, 0.5) is 0 Å². The molecule has 0 atom stereocenters. The van der Waals surface area contributed by atoms with E-state index in [4.69, 9.17) is 9.47 Å². The summed E-state index contributed by atoms with van der Waals surface area (Å²) in [4.78, 5) is 0. The Hall–Kier alpha value is -1.96. The molecule has 0 N–H and O–H groups in total. The van der Waals surface area contributed by atoms with Crippen molar-refractivity contribution in [2.75, 3.05) is 7.11 Å². The highest BCUT2D eigenvalue weighted by Gasteiger charge is 2.05. The first kappa shape index (κ1) is 13.5. The number of benzene rings is 2. The summed E-state index contributed by atoms with van der Waals surface area (Å²) in [6, 6.07) is 12.3. The third-order valence-electron chi connectivity index (χ3n) is 3.15. The Bertz CT molecular complexity index is 573. The van der Waals surface area contributed by atoms with Gasteiger partial charge in [-0.05, 0) is 44.5 Å². The van der Waals surface area contributed by atoms with Gasteiger partial charge in [-0.15, -0.1) is 0 Å². The predicted octanol–water partition coefficient (Wildman–Crippen LogP) is 4.20. The van der Waals surface area contributed by atoms with Crippen molar-refractivity contribution in [3.8, 4) is 11.5 Å². The van der Waals surface area contributed by atoms with Crippen LogP contribution in [0.2, 0.25) is 0 Å². The Kier molecular flexibility index (Phi) is 4.10. The Morgan fingerprint density at radius 3 is 2.11 bits per heavy atom. The average molecular weight is 256 g/mol. The molecule has 0 aromatic heterocycles. The number of aryl methyl sites for hydroxylation is 3. The van der Waals surface area contributed by atoms with Crippen LogP contribution in [0.25, 0.3) is 0 Å². The predicted molar refractivity (Wildman–Crippen MR) is 78.0 cm³/mol. The number of hydrogen-bond donors (Lipinski definition) is 0. The van der Waals surface area contributed by atoms with E-state index in [0.717, 1.165) is 22.6 Å². The number of methoxy groups -OCH3 is 1. The van der Waals surface area contributed by atoms with Crippen molar-refractivity contribution in [1.82, 2.24) is 0 Å². The Labute approximate surface area is 115 Å². The van der Waals surface area contributed by atoms with Crippen molar-refractivity contribution in [2.45, 2.75) is 27.4 Å². The van der Waals surface area contributed by atoms with E-state index >= 15 is 0 Å². The Morgan fingerprint density at radius 1 is 0.842 bits per heavy atom. The summed E-state index contributed by atoms with van der Waals surface area (Å²) in [5.41, 5.74) is 4.69. The molecule has 0 amide bonds. The molecule has 0 aliphatic carbocycles. The van der Waals surface area contributed by atoms with Gasteiger partial charge in [-0.2, -0.15) is 0 Å². The quantitative estimate of drug-likeness (QED) is 0.816. The normalized spacial score (nSPS) is 10.3. The lowest BCUT2D eigenvalue weighted by molar-refractivity contribution is 0.294. The standard InChI is InChI=1S/C17H20O2/c1-12-5-7-16(14(3)9-12)19-11-15-10-13(2)6-8-17(15)18-4/h5-10H,11H2,1-4H3. The van der Waals surface area contributed by atoms with Gasteiger partial charge in [0.15, 0.2) is 0 Å². The fourth-order valence-corrected chi connectivity index (χ4v) is 2.14. The molecule has 0 bridgehead atoms. The minimum Gasteiger partial charge on any atom is -0.496 e. The van der Waals surface area contributed by atoms with Crippen molar-refractivity contribution in [3.63, 3.8) is 0 Å². The molecule has 0 aliphatic heterocycles. The van der Waals surface area contributed by atoms with Gasteiger partial charge in [0.25, 0.3) is 0 Å². The SMILES string of the molecule is COc1ccc(C)cc1COc1ccc(C)cc1C. The van der Waals surface area contributed by atoms with E-state index in [-0.39, 0.29) is 0 Å². The molecule has 2 heteroatoms. The second kappa shape index (κ2) is 5.79. The van der Waals surface area contributed by atoms with Crippen molar-refractivity contribution in [2.24, 2.45) is 0 Å². The zero-order valence-electron chi connectivity index (χ0n) is 12.0. The summed E-state index contributed by atoms with van der Waals surface area (Å²) in [7, 11) is 1.69. The van der Waals surface area contributed by atoms with Crippen molar-refractivity contribution < 1.29 is 9.47 Å². The molecular formula is C17H20O2. The highest BCUT2D eigenvalue weighted by Crippen LogP contribution is 2.24. The molecule has 2 aromatic carbocycles. The van der Waals surface area contributed by atoms with E-state index in [1.807, 2.05) is 18.2 Å². The second-order valence-electron chi connectivity index (χ2n) is 4.87. The lowest BCUT2D eigenvalue weighted by Crippen LogP contribution is -2.00. The largest absolute Gasteiger partial charge is 0.496 e. The molecular weight excluding hydrogens is 236 g/mol. The van der Waals surface area contributed by atoms with Gasteiger partial charge >= 0.3 is 0 Å². The van der Waals surface area contributed by atoms with Crippen LogP contribution in [0.15, 0.2) is 36.4 Å². The van der Waals surface area contributed by atoms with Crippen LogP contribution in [0.1, 0.15) is 22.3 Å². The maximum Gasteiger partial charge on any atom is 0.125 e. The fourth-order valence-electron chi connectivity index (χ4n) is 2.14. The van der Waals surface area contributed by atoms with Gasteiger partial charge in [-0.3, -0.25) is 0 Å². The van der Waals surface area contributed by atoms with Crippen molar-refractivity contribution in [1.29, 1.82) is 0 Å². The van der Waals surface area contributed by atoms with E-state index in [1.165, 1.54) is 11.1 Å². The van der Waals surface area contributed by atoms with Crippen LogP contribution in [-0.2, 0) is 6.61 Å². The van der Waals surface area contributed by atoms with Crippen LogP contribution < -0.4 is 9.47 Å². The van der Waals surface area contributed by atoms with Gasteiger partial charge < -0.3 is 9.47 Å². The van der Waals surface area contributed by atoms with Crippen LogP contribution in [0, 0.1) is 20.8 Å². The molecule has 0 aliphatic rings. The van der Waals surface area contributed by atoms with Crippen molar-refractivity contribution >= 4 is 0 Å². The first-order valence-electron chi connectivity index (χ1n) is 6.43. The zero-order chi connectivity index (χ0) is 13.8. The number of rotatable bonds is 4. The van der Waals surface area contributed by atoms with Crippen LogP contribution >= 0.6 is 0 Å². The number of ether oxygens (including phenoxy) is 2. The first-order chi connectivity index (χ1) is 9.10. The summed E-state index contributed by atoms with van der Waals surface area (Å²) in [5.74, 6) is 1.80. The lowest BCUT2D eigenvalue weighted by atomic mass is 10.1. The van der Waals surface area contributed by atoms with Crippen LogP contribution in [0.3, 0.4) is 0 Å². The van der Waals surface area contributed by atoms with Gasteiger partial charge in [-0.25, -0.2) is 0 Å². The Balaban J connectivity index is 2.16. The minimum absolute atomic E-state index is 0.523. The van der Waals surface area contributed by atoms with Gasteiger partial charge in [0.1, 0.15) is 18.1 Å². The van der Waals surface area contributed by atoms with E-state index in [0.29, 0.717) is 6.61 Å². The van der Waals surface area contributed by atoms with E-state index in [1.54, 1.807) is 7.11 Å². The highest BCUT2D eigenvalue weighted by atomic mass is 16.5. The minimum atomic E-state index is 0.523. The van der Waals surface area contributed by atoms with E-state index in [2.05, 4.69) is 39.0 Å². The molecule has 0 fully saturated rings. The third kappa shape index (κ3) is 3.28. The van der Waals surface area contributed by atoms with Crippen LogP contribution in [0.5, 0.6) is 11.5 Å². The maximum absolute atomic E-state index is 5.90. The molecule has 0 saturated carbocycles. The lowest BCUT2D eigenvalue weighted by Gasteiger charge is -2.13. The molecule has 2 aromatic rings. The molecule has 19 heavy (non-hydrogen) atoms. The Morgan fingerprint density at radius 2 is 1.47 bits per heavy atom. The molecule has 0 radical (unpaired) electrons. The van der Waals surface area contributed by atoms with Crippen LogP contribution in [-0.4, -0.2) is 7.11 Å². The second-order valence-corrected chi connectivity index (χ2v) is 4.87. The topological polar surface area (TPSA) is 18.5 Å². The molecule has 2 nitrogen and oxygen atoms in total. The third-order valence-corrected chi connectivity index (χ3v) is 3.15. The van der Waals surface area contributed by atoms with Gasteiger partial charge in [0, 0.05) is 5.56 Å². The molecule has 100 valence electrons. The molecule has 2 rings (SSSR count). The van der Waals surface area contributed by atoms with Gasteiger partial charge in [0.2, 0.25) is 0 Å². The zero-order valence-corrected chi connectivity index (χ0v) is 12.0. The monoisotopic (exact) mass is 256 g/mol. The highest BCUT2D eigenvalue weighted by molar-refractivity contribution is 5.38. The average Bonchev–Trinajstić information content (AvgIpc) is 2.38. The summed E-state index contributed by atoms with van der Waals surface area (Å²) in [5, 5.41) is 0. The van der Waals surface area contributed by atoms with Gasteiger partial charge in [0.05, 0.1) is 7.11 Å².